The third-order valence-electron chi connectivity index (χ3n) is 4.10. The maximum Gasteiger partial charge on any atom is 0.232 e. The van der Waals surface area contributed by atoms with Crippen molar-refractivity contribution in [2.45, 2.75) is 18.3 Å². The molecule has 0 saturated heterocycles. The molecule has 0 fully saturated rings. The van der Waals surface area contributed by atoms with Gasteiger partial charge in [0.15, 0.2) is 5.78 Å². The van der Waals surface area contributed by atoms with Crippen LogP contribution in [0.1, 0.15) is 34.3 Å². The number of rotatable bonds is 2. The lowest BCUT2D eigenvalue weighted by atomic mass is 9.65. The van der Waals surface area contributed by atoms with Crippen molar-refractivity contribution in [2.75, 3.05) is 0 Å². The molecule has 3 nitrogen and oxygen atoms in total. The summed E-state index contributed by atoms with van der Waals surface area (Å²) < 4.78 is 0. The summed E-state index contributed by atoms with van der Waals surface area (Å²) in [7, 11) is 0. The van der Waals surface area contributed by atoms with E-state index in [9.17, 15) is 9.59 Å². The maximum atomic E-state index is 12.3. The molecule has 2 aromatic carbocycles. The Morgan fingerprint density at radius 1 is 1.00 bits per heavy atom. The van der Waals surface area contributed by atoms with Gasteiger partial charge in [0.05, 0.1) is 5.41 Å². The Morgan fingerprint density at radius 2 is 1.65 bits per heavy atom. The summed E-state index contributed by atoms with van der Waals surface area (Å²) in [6.07, 6.45) is 0.775. The number of Topliss-reactive ketones (excluding diaryl/α,β-unsaturated/α-hetero) is 1. The fraction of sp³-hybridized carbons (Fsp3) is 0.176. The summed E-state index contributed by atoms with van der Waals surface area (Å²) in [4.78, 5) is 24.3. The first-order valence-electron chi connectivity index (χ1n) is 6.64. The van der Waals surface area contributed by atoms with Crippen molar-refractivity contribution in [1.82, 2.24) is 0 Å². The summed E-state index contributed by atoms with van der Waals surface area (Å²) in [5.74, 6) is -0.322. The van der Waals surface area contributed by atoms with Crippen LogP contribution in [-0.2, 0) is 10.2 Å². The zero-order valence-electron chi connectivity index (χ0n) is 11.0. The standard InChI is InChI=1S/C17H15NO2/c18-16(20)17(12-6-2-1-3-7-12)11-10-15(19)13-8-4-5-9-14(13)17/h1-9H,10-11H2,(H2,18,20)/t17-/m0/s1. The van der Waals surface area contributed by atoms with Gasteiger partial charge in [-0.05, 0) is 17.5 Å². The van der Waals surface area contributed by atoms with Gasteiger partial charge in [0.2, 0.25) is 5.91 Å². The average Bonchev–Trinajstić information content (AvgIpc) is 2.49. The number of amides is 1. The van der Waals surface area contributed by atoms with Crippen molar-refractivity contribution in [2.24, 2.45) is 5.73 Å². The quantitative estimate of drug-likeness (QED) is 0.906. The smallest absolute Gasteiger partial charge is 0.232 e. The van der Waals surface area contributed by atoms with E-state index in [1.807, 2.05) is 48.5 Å². The Bertz CT molecular complexity index is 678. The zero-order valence-corrected chi connectivity index (χ0v) is 11.0. The van der Waals surface area contributed by atoms with Gasteiger partial charge in [-0.2, -0.15) is 0 Å². The molecular weight excluding hydrogens is 250 g/mol. The highest BCUT2D eigenvalue weighted by Crippen LogP contribution is 2.42. The number of primary amides is 1. The Morgan fingerprint density at radius 3 is 2.35 bits per heavy atom. The highest BCUT2D eigenvalue weighted by Gasteiger charge is 2.45. The second kappa shape index (κ2) is 4.60. The molecule has 20 heavy (non-hydrogen) atoms. The summed E-state index contributed by atoms with van der Waals surface area (Å²) in [5, 5.41) is 0. The fourth-order valence-electron chi connectivity index (χ4n) is 3.09. The minimum atomic E-state index is -0.897. The molecule has 0 spiro atoms. The summed E-state index contributed by atoms with van der Waals surface area (Å²) in [6.45, 7) is 0. The van der Waals surface area contributed by atoms with Gasteiger partial charge in [-0.15, -0.1) is 0 Å². The van der Waals surface area contributed by atoms with Gasteiger partial charge >= 0.3 is 0 Å². The van der Waals surface area contributed by atoms with Crippen molar-refractivity contribution >= 4 is 11.7 Å². The molecule has 0 bridgehead atoms. The molecule has 1 aliphatic carbocycles. The molecule has 1 amide bonds. The van der Waals surface area contributed by atoms with E-state index in [0.717, 1.165) is 11.1 Å². The zero-order chi connectivity index (χ0) is 14.2. The van der Waals surface area contributed by atoms with Crippen LogP contribution in [0, 0.1) is 0 Å². The van der Waals surface area contributed by atoms with Crippen LogP contribution in [0.2, 0.25) is 0 Å². The van der Waals surface area contributed by atoms with Crippen molar-refractivity contribution in [1.29, 1.82) is 0 Å². The molecule has 0 aromatic heterocycles. The van der Waals surface area contributed by atoms with Gasteiger partial charge in [-0.1, -0.05) is 54.6 Å². The number of nitrogens with two attached hydrogens (primary N) is 1. The molecule has 0 heterocycles. The molecule has 0 unspecified atom stereocenters. The average molecular weight is 265 g/mol. The molecule has 2 N–H and O–H groups in total. The SMILES string of the molecule is NC(=O)[C@]1(c2ccccc2)CCC(=O)c2ccccc21. The number of benzene rings is 2. The predicted molar refractivity (Wildman–Crippen MR) is 76.4 cm³/mol. The van der Waals surface area contributed by atoms with Crippen LogP contribution >= 0.6 is 0 Å². The Hall–Kier alpha value is -2.42. The van der Waals surface area contributed by atoms with Crippen LogP contribution in [0.25, 0.3) is 0 Å². The van der Waals surface area contributed by atoms with E-state index in [-0.39, 0.29) is 5.78 Å². The largest absolute Gasteiger partial charge is 0.369 e. The Kier molecular flexibility index (Phi) is 2.90. The van der Waals surface area contributed by atoms with Crippen LogP contribution in [0.3, 0.4) is 0 Å². The van der Waals surface area contributed by atoms with Crippen LogP contribution in [0.4, 0.5) is 0 Å². The van der Waals surface area contributed by atoms with E-state index < -0.39 is 11.3 Å². The van der Waals surface area contributed by atoms with E-state index in [4.69, 9.17) is 5.73 Å². The van der Waals surface area contributed by atoms with Gasteiger partial charge in [0, 0.05) is 12.0 Å². The number of carbonyl (C=O) groups is 2. The van der Waals surface area contributed by atoms with Gasteiger partial charge in [0.1, 0.15) is 0 Å². The number of carbonyl (C=O) groups excluding carboxylic acids is 2. The van der Waals surface area contributed by atoms with E-state index in [1.54, 1.807) is 6.07 Å². The third-order valence-corrected chi connectivity index (χ3v) is 4.10. The maximum absolute atomic E-state index is 12.3. The molecule has 3 rings (SSSR count). The van der Waals surface area contributed by atoms with Gasteiger partial charge in [0.25, 0.3) is 0 Å². The van der Waals surface area contributed by atoms with Crippen molar-refractivity contribution in [3.63, 3.8) is 0 Å². The number of ketones is 1. The first kappa shape index (κ1) is 12.6. The second-order valence-corrected chi connectivity index (χ2v) is 5.10. The van der Waals surface area contributed by atoms with Crippen LogP contribution < -0.4 is 5.73 Å². The van der Waals surface area contributed by atoms with E-state index in [2.05, 4.69) is 0 Å². The van der Waals surface area contributed by atoms with E-state index in [1.165, 1.54) is 0 Å². The van der Waals surface area contributed by atoms with E-state index >= 15 is 0 Å². The third kappa shape index (κ3) is 1.67. The molecular formula is C17H15NO2. The molecule has 1 atom stereocenters. The molecule has 0 radical (unpaired) electrons. The molecule has 2 aromatic rings. The second-order valence-electron chi connectivity index (χ2n) is 5.10. The number of fused-ring (bicyclic) bond motifs is 1. The first-order chi connectivity index (χ1) is 9.66. The van der Waals surface area contributed by atoms with Gasteiger partial charge < -0.3 is 5.73 Å². The van der Waals surface area contributed by atoms with Crippen molar-refractivity contribution in [3.8, 4) is 0 Å². The van der Waals surface area contributed by atoms with Crippen molar-refractivity contribution < 1.29 is 9.59 Å². The Labute approximate surface area is 117 Å². The van der Waals surface area contributed by atoms with Crippen LogP contribution in [0.15, 0.2) is 54.6 Å². The van der Waals surface area contributed by atoms with E-state index in [0.29, 0.717) is 18.4 Å². The summed E-state index contributed by atoms with van der Waals surface area (Å²) >= 11 is 0. The Balaban J connectivity index is 2.31. The highest BCUT2D eigenvalue weighted by atomic mass is 16.1. The molecule has 0 aliphatic heterocycles. The molecule has 0 saturated carbocycles. The molecule has 1 aliphatic rings. The summed E-state index contributed by atoms with van der Waals surface area (Å²) in [6, 6.07) is 16.8. The van der Waals surface area contributed by atoms with Crippen molar-refractivity contribution in [3.05, 3.63) is 71.3 Å². The lowest BCUT2D eigenvalue weighted by Gasteiger charge is -2.36. The first-order valence-corrected chi connectivity index (χ1v) is 6.64. The highest BCUT2D eigenvalue weighted by molar-refractivity contribution is 6.04. The fourth-order valence-corrected chi connectivity index (χ4v) is 3.09. The number of hydrogen-bond acceptors (Lipinski definition) is 2. The molecule has 3 heteroatoms. The lowest BCUT2D eigenvalue weighted by Crippen LogP contribution is -2.45. The van der Waals surface area contributed by atoms with Gasteiger partial charge in [-0.25, -0.2) is 0 Å². The lowest BCUT2D eigenvalue weighted by molar-refractivity contribution is -0.122. The molecule has 100 valence electrons. The number of hydrogen-bond donors (Lipinski definition) is 1. The van der Waals surface area contributed by atoms with Crippen LogP contribution in [-0.4, -0.2) is 11.7 Å². The monoisotopic (exact) mass is 265 g/mol. The topological polar surface area (TPSA) is 60.2 Å². The van der Waals surface area contributed by atoms with Gasteiger partial charge in [-0.3, -0.25) is 9.59 Å². The minimum Gasteiger partial charge on any atom is -0.369 e. The van der Waals surface area contributed by atoms with Crippen LogP contribution in [0.5, 0.6) is 0 Å². The minimum absolute atomic E-state index is 0.0772. The summed E-state index contributed by atoms with van der Waals surface area (Å²) in [5.41, 5.74) is 7.05. The normalized spacial score (nSPS) is 21.3. The predicted octanol–water partition coefficient (Wildman–Crippen LogP) is 2.43.